The molecule has 1 aliphatic rings. The van der Waals surface area contributed by atoms with E-state index in [-0.39, 0.29) is 16.3 Å². The zero-order valence-electron chi connectivity index (χ0n) is 10.8. The highest BCUT2D eigenvalue weighted by molar-refractivity contribution is 7.89. The van der Waals surface area contributed by atoms with Crippen molar-refractivity contribution in [3.63, 3.8) is 0 Å². The Morgan fingerprint density at radius 3 is 2.79 bits per heavy atom. The maximum Gasteiger partial charge on any atom is 0.273 e. The van der Waals surface area contributed by atoms with Gasteiger partial charge in [0.25, 0.3) is 5.91 Å². The molecule has 0 spiro atoms. The minimum absolute atomic E-state index is 0.161. The molecule has 106 valence electrons. The lowest BCUT2D eigenvalue weighted by Crippen LogP contribution is -2.27. The van der Waals surface area contributed by atoms with Gasteiger partial charge in [0.05, 0.1) is 5.69 Å². The minimum atomic E-state index is -3.95. The molecule has 7 nitrogen and oxygen atoms in total. The molecule has 1 aliphatic carbocycles. The summed E-state index contributed by atoms with van der Waals surface area (Å²) in [5.74, 6) is 0.300. The predicted molar refractivity (Wildman–Crippen MR) is 69.0 cm³/mol. The molecule has 1 aromatic heterocycles. The van der Waals surface area contributed by atoms with E-state index in [0.717, 1.165) is 18.8 Å². The molecule has 8 heteroatoms. The van der Waals surface area contributed by atoms with Crippen LogP contribution in [0.5, 0.6) is 0 Å². The molecule has 0 unspecified atom stereocenters. The van der Waals surface area contributed by atoms with Crippen LogP contribution in [0.1, 0.15) is 41.9 Å². The maximum atomic E-state index is 11.9. The van der Waals surface area contributed by atoms with Crippen molar-refractivity contribution in [1.29, 1.82) is 0 Å². The van der Waals surface area contributed by atoms with Crippen LogP contribution in [0.2, 0.25) is 0 Å². The largest absolute Gasteiger partial charge is 0.351 e. The van der Waals surface area contributed by atoms with Crippen molar-refractivity contribution in [1.82, 2.24) is 15.5 Å². The number of hydrogen-bond donors (Lipinski definition) is 3. The Kier molecular flexibility index (Phi) is 3.91. The third kappa shape index (κ3) is 3.54. The predicted octanol–water partition coefficient (Wildman–Crippen LogP) is 0.286. The van der Waals surface area contributed by atoms with Crippen molar-refractivity contribution in [2.75, 3.05) is 6.54 Å². The van der Waals surface area contributed by atoms with E-state index in [1.807, 2.05) is 0 Å². The number of rotatable bonds is 6. The SMILES string of the molecule is Cc1[nH]nc(C(=O)NCCCC2CC2)c1S(N)(=O)=O. The first-order valence-electron chi connectivity index (χ1n) is 6.25. The van der Waals surface area contributed by atoms with Gasteiger partial charge in [0.1, 0.15) is 4.90 Å². The van der Waals surface area contributed by atoms with E-state index in [2.05, 4.69) is 15.5 Å². The number of nitrogens with zero attached hydrogens (tertiary/aromatic N) is 1. The summed E-state index contributed by atoms with van der Waals surface area (Å²) in [6, 6.07) is 0. The summed E-state index contributed by atoms with van der Waals surface area (Å²) in [5, 5.41) is 13.9. The zero-order valence-corrected chi connectivity index (χ0v) is 11.6. The number of amides is 1. The van der Waals surface area contributed by atoms with Crippen molar-refractivity contribution in [3.05, 3.63) is 11.4 Å². The van der Waals surface area contributed by atoms with Crippen molar-refractivity contribution < 1.29 is 13.2 Å². The quantitative estimate of drug-likeness (QED) is 0.651. The summed E-state index contributed by atoms with van der Waals surface area (Å²) < 4.78 is 22.8. The standard InChI is InChI=1S/C11H18N4O3S/c1-7-10(19(12,17)18)9(15-14-7)11(16)13-6-2-3-8-4-5-8/h8H,2-6H2,1H3,(H,13,16)(H,14,15)(H2,12,17,18). The molecule has 4 N–H and O–H groups in total. The van der Waals surface area contributed by atoms with Crippen LogP contribution in [-0.4, -0.2) is 31.1 Å². The van der Waals surface area contributed by atoms with Gasteiger partial charge in [0.15, 0.2) is 5.69 Å². The Balaban J connectivity index is 1.98. The van der Waals surface area contributed by atoms with E-state index >= 15 is 0 Å². The first-order chi connectivity index (χ1) is 8.89. The van der Waals surface area contributed by atoms with Crippen LogP contribution >= 0.6 is 0 Å². The molecule has 0 saturated heterocycles. The number of aromatic amines is 1. The number of carbonyl (C=O) groups excluding carboxylic acids is 1. The second-order valence-corrected chi connectivity index (χ2v) is 6.41. The highest BCUT2D eigenvalue weighted by Gasteiger charge is 2.25. The van der Waals surface area contributed by atoms with Crippen molar-refractivity contribution in [2.45, 2.75) is 37.5 Å². The topological polar surface area (TPSA) is 118 Å². The number of H-pyrrole nitrogens is 1. The molecule has 0 atom stereocenters. The Bertz CT molecular complexity index is 575. The Morgan fingerprint density at radius 1 is 1.53 bits per heavy atom. The normalized spacial score (nSPS) is 15.5. The molecule has 0 radical (unpaired) electrons. The first-order valence-corrected chi connectivity index (χ1v) is 7.80. The van der Waals surface area contributed by atoms with E-state index in [9.17, 15) is 13.2 Å². The smallest absolute Gasteiger partial charge is 0.273 e. The van der Waals surface area contributed by atoms with E-state index in [1.54, 1.807) is 0 Å². The first kappa shape index (κ1) is 14.0. The summed E-state index contributed by atoms with van der Waals surface area (Å²) in [5.41, 5.74) is 0.108. The van der Waals surface area contributed by atoms with E-state index < -0.39 is 15.9 Å². The van der Waals surface area contributed by atoms with Crippen LogP contribution in [0, 0.1) is 12.8 Å². The highest BCUT2D eigenvalue weighted by Crippen LogP contribution is 2.33. The van der Waals surface area contributed by atoms with Gasteiger partial charge >= 0.3 is 0 Å². The van der Waals surface area contributed by atoms with E-state index in [4.69, 9.17) is 5.14 Å². The summed E-state index contributed by atoms with van der Waals surface area (Å²) in [7, 11) is -3.95. The van der Waals surface area contributed by atoms with Gasteiger partial charge < -0.3 is 5.32 Å². The van der Waals surface area contributed by atoms with Gasteiger partial charge in [-0.25, -0.2) is 13.6 Å². The highest BCUT2D eigenvalue weighted by atomic mass is 32.2. The number of primary sulfonamides is 1. The van der Waals surface area contributed by atoms with Crippen molar-refractivity contribution >= 4 is 15.9 Å². The number of carbonyl (C=O) groups is 1. The fraction of sp³-hybridized carbons (Fsp3) is 0.636. The lowest BCUT2D eigenvalue weighted by Gasteiger charge is -2.04. The van der Waals surface area contributed by atoms with Crippen LogP contribution in [0.3, 0.4) is 0 Å². The van der Waals surface area contributed by atoms with Gasteiger partial charge in [-0.3, -0.25) is 9.89 Å². The molecule has 0 aliphatic heterocycles. The molecule has 1 heterocycles. The van der Waals surface area contributed by atoms with Crippen molar-refractivity contribution in [3.8, 4) is 0 Å². The fourth-order valence-electron chi connectivity index (χ4n) is 2.00. The van der Waals surface area contributed by atoms with Gasteiger partial charge in [0.2, 0.25) is 10.0 Å². The summed E-state index contributed by atoms with van der Waals surface area (Å²) in [6.07, 6.45) is 4.55. The van der Waals surface area contributed by atoms with Crippen LogP contribution < -0.4 is 10.5 Å². The molecule has 1 amide bonds. The Labute approximate surface area is 112 Å². The number of aryl methyl sites for hydroxylation is 1. The van der Waals surface area contributed by atoms with Crippen LogP contribution in [-0.2, 0) is 10.0 Å². The van der Waals surface area contributed by atoms with Crippen LogP contribution in [0.25, 0.3) is 0 Å². The molecule has 1 saturated carbocycles. The molecule has 0 aromatic carbocycles. The van der Waals surface area contributed by atoms with Crippen LogP contribution in [0.4, 0.5) is 0 Å². The zero-order chi connectivity index (χ0) is 14.0. The minimum Gasteiger partial charge on any atom is -0.351 e. The number of nitrogens with two attached hydrogens (primary N) is 1. The molecule has 1 fully saturated rings. The number of nitrogens with one attached hydrogen (secondary N) is 2. The van der Waals surface area contributed by atoms with E-state index in [1.165, 1.54) is 19.8 Å². The summed E-state index contributed by atoms with van der Waals surface area (Å²) in [4.78, 5) is 11.6. The third-order valence-corrected chi connectivity index (χ3v) is 4.23. The number of hydrogen-bond acceptors (Lipinski definition) is 4. The van der Waals surface area contributed by atoms with Gasteiger partial charge in [0, 0.05) is 6.54 Å². The van der Waals surface area contributed by atoms with Crippen molar-refractivity contribution in [2.24, 2.45) is 11.1 Å². The molecule has 19 heavy (non-hydrogen) atoms. The maximum absolute atomic E-state index is 11.9. The van der Waals surface area contributed by atoms with Gasteiger partial charge in [-0.2, -0.15) is 5.10 Å². The van der Waals surface area contributed by atoms with Gasteiger partial charge in [-0.05, 0) is 25.7 Å². The Morgan fingerprint density at radius 2 is 2.21 bits per heavy atom. The summed E-state index contributed by atoms with van der Waals surface area (Å²) >= 11 is 0. The summed E-state index contributed by atoms with van der Waals surface area (Å²) in [6.45, 7) is 2.03. The second-order valence-electron chi connectivity index (χ2n) is 4.91. The number of sulfonamides is 1. The average Bonchev–Trinajstić information content (AvgIpc) is 3.04. The lowest BCUT2D eigenvalue weighted by molar-refractivity contribution is 0.0944. The van der Waals surface area contributed by atoms with Gasteiger partial charge in [-0.15, -0.1) is 0 Å². The lowest BCUT2D eigenvalue weighted by atomic mass is 10.2. The Hall–Kier alpha value is -1.41. The fourth-order valence-corrected chi connectivity index (χ4v) is 2.88. The molecular weight excluding hydrogens is 268 g/mol. The number of aromatic nitrogens is 2. The molecule has 1 aromatic rings. The monoisotopic (exact) mass is 286 g/mol. The van der Waals surface area contributed by atoms with E-state index in [0.29, 0.717) is 6.54 Å². The average molecular weight is 286 g/mol. The molecule has 2 rings (SSSR count). The second kappa shape index (κ2) is 5.30. The third-order valence-electron chi connectivity index (χ3n) is 3.16. The molecule has 0 bridgehead atoms. The van der Waals surface area contributed by atoms with Gasteiger partial charge in [-0.1, -0.05) is 12.8 Å². The van der Waals surface area contributed by atoms with Crippen LogP contribution in [0.15, 0.2) is 4.90 Å². The molecular formula is C11H18N4O3S.